The molecule has 0 bridgehead atoms. The highest BCUT2D eigenvalue weighted by molar-refractivity contribution is 7.97. The average Bonchev–Trinajstić information content (AvgIpc) is 2.68. The summed E-state index contributed by atoms with van der Waals surface area (Å²) < 4.78 is 3.49. The lowest BCUT2D eigenvalue weighted by molar-refractivity contribution is 0.423. The summed E-state index contributed by atoms with van der Waals surface area (Å²) in [5.74, 6) is 1.19. The van der Waals surface area contributed by atoms with Crippen LogP contribution in [-0.4, -0.2) is 23.8 Å². The minimum atomic E-state index is 0.818. The quantitative estimate of drug-likeness (QED) is 0.716. The molecular formula is C20H29N3S. The van der Waals surface area contributed by atoms with Gasteiger partial charge in [0.15, 0.2) is 0 Å². The van der Waals surface area contributed by atoms with E-state index in [0.29, 0.717) is 0 Å². The van der Waals surface area contributed by atoms with Crippen molar-refractivity contribution in [1.29, 1.82) is 0 Å². The van der Waals surface area contributed by atoms with Gasteiger partial charge in [0, 0.05) is 36.3 Å². The van der Waals surface area contributed by atoms with E-state index in [1.54, 1.807) is 6.20 Å². The van der Waals surface area contributed by atoms with Gasteiger partial charge in [-0.1, -0.05) is 56.3 Å². The Hall–Kier alpha value is -1.52. The van der Waals surface area contributed by atoms with Crippen molar-refractivity contribution >= 4 is 17.6 Å². The van der Waals surface area contributed by atoms with Crippen LogP contribution in [0.5, 0.6) is 0 Å². The molecule has 1 saturated carbocycles. The molecule has 0 spiro atoms. The third-order valence-corrected chi connectivity index (χ3v) is 4.92. The summed E-state index contributed by atoms with van der Waals surface area (Å²) in [5.41, 5.74) is 3.27. The number of anilines is 1. The second-order valence-electron chi connectivity index (χ2n) is 5.93. The Labute approximate surface area is 150 Å². The molecule has 0 aliphatic heterocycles. The molecule has 0 saturated heterocycles. The molecule has 130 valence electrons. The van der Waals surface area contributed by atoms with Crippen molar-refractivity contribution < 1.29 is 0 Å². The van der Waals surface area contributed by atoms with E-state index in [-0.39, 0.29) is 0 Å². The number of hydrogen-bond acceptors (Lipinski definition) is 4. The van der Waals surface area contributed by atoms with Crippen molar-refractivity contribution in [2.75, 3.05) is 18.1 Å². The standard InChI is InChI=1S/C12H12N2.C8H17NS/c1-13-11-7-5-10(6-8-11)12-4-2-3-9-14-12;1-2-10-9-8-6-4-3-5-7-8/h2-9,13H,1H3;8-9H,2-7H2,1H3. The summed E-state index contributed by atoms with van der Waals surface area (Å²) in [5, 5.41) is 3.09. The summed E-state index contributed by atoms with van der Waals surface area (Å²) >= 11 is 1.86. The fourth-order valence-electron chi connectivity index (χ4n) is 2.76. The van der Waals surface area contributed by atoms with Crippen LogP contribution in [0.2, 0.25) is 0 Å². The zero-order valence-corrected chi connectivity index (χ0v) is 15.6. The fourth-order valence-corrected chi connectivity index (χ4v) is 3.40. The molecule has 1 aromatic heterocycles. The predicted molar refractivity (Wildman–Crippen MR) is 107 cm³/mol. The van der Waals surface area contributed by atoms with Gasteiger partial charge in [-0.3, -0.25) is 9.71 Å². The zero-order valence-electron chi connectivity index (χ0n) is 14.8. The van der Waals surface area contributed by atoms with Gasteiger partial charge in [0.05, 0.1) is 5.69 Å². The molecule has 2 N–H and O–H groups in total. The molecule has 0 atom stereocenters. The first-order chi connectivity index (χ1) is 11.8. The number of aromatic nitrogens is 1. The summed E-state index contributed by atoms with van der Waals surface area (Å²) in [6.45, 7) is 2.19. The van der Waals surface area contributed by atoms with Gasteiger partial charge in [-0.15, -0.1) is 0 Å². The van der Waals surface area contributed by atoms with Crippen LogP contribution in [0.15, 0.2) is 48.7 Å². The normalized spacial score (nSPS) is 14.6. The van der Waals surface area contributed by atoms with Crippen LogP contribution >= 0.6 is 11.9 Å². The lowest BCUT2D eigenvalue weighted by Gasteiger charge is -2.21. The highest BCUT2D eigenvalue weighted by atomic mass is 32.2. The van der Waals surface area contributed by atoms with E-state index in [1.807, 2.05) is 49.3 Å². The molecule has 1 heterocycles. The van der Waals surface area contributed by atoms with Crippen LogP contribution in [0.3, 0.4) is 0 Å². The highest BCUT2D eigenvalue weighted by Crippen LogP contribution is 2.19. The van der Waals surface area contributed by atoms with E-state index < -0.39 is 0 Å². The Morgan fingerprint density at radius 1 is 1.04 bits per heavy atom. The molecule has 1 aliphatic rings. The summed E-state index contributed by atoms with van der Waals surface area (Å²) in [6, 6.07) is 15.0. The number of benzene rings is 1. The van der Waals surface area contributed by atoms with Gasteiger partial charge in [0.2, 0.25) is 0 Å². The molecule has 24 heavy (non-hydrogen) atoms. The third-order valence-electron chi connectivity index (χ3n) is 4.13. The Balaban J connectivity index is 0.000000185. The lowest BCUT2D eigenvalue weighted by atomic mass is 9.96. The van der Waals surface area contributed by atoms with Crippen LogP contribution in [0, 0.1) is 0 Å². The molecule has 1 aliphatic carbocycles. The van der Waals surface area contributed by atoms with Crippen molar-refractivity contribution in [2.24, 2.45) is 0 Å². The largest absolute Gasteiger partial charge is 0.388 e. The fraction of sp³-hybridized carbons (Fsp3) is 0.450. The first-order valence-electron chi connectivity index (χ1n) is 8.90. The van der Waals surface area contributed by atoms with Gasteiger partial charge < -0.3 is 5.32 Å². The van der Waals surface area contributed by atoms with Crippen molar-refractivity contribution in [3.05, 3.63) is 48.7 Å². The number of nitrogens with zero attached hydrogens (tertiary/aromatic N) is 1. The maximum atomic E-state index is 4.28. The van der Waals surface area contributed by atoms with Gasteiger partial charge in [-0.25, -0.2) is 0 Å². The molecule has 3 nitrogen and oxygen atoms in total. The van der Waals surface area contributed by atoms with E-state index in [1.165, 1.54) is 37.9 Å². The van der Waals surface area contributed by atoms with Crippen molar-refractivity contribution in [3.63, 3.8) is 0 Å². The van der Waals surface area contributed by atoms with Crippen molar-refractivity contribution in [2.45, 2.75) is 45.1 Å². The maximum Gasteiger partial charge on any atom is 0.0701 e. The smallest absolute Gasteiger partial charge is 0.0701 e. The van der Waals surface area contributed by atoms with E-state index in [0.717, 1.165) is 23.0 Å². The SMILES string of the molecule is CCSNC1CCCCC1.CNc1ccc(-c2ccccn2)cc1. The van der Waals surface area contributed by atoms with E-state index in [2.05, 4.69) is 34.1 Å². The molecule has 2 aromatic rings. The van der Waals surface area contributed by atoms with E-state index >= 15 is 0 Å². The number of pyridine rings is 1. The van der Waals surface area contributed by atoms with Crippen molar-refractivity contribution in [1.82, 2.24) is 9.71 Å². The van der Waals surface area contributed by atoms with E-state index in [4.69, 9.17) is 0 Å². The summed E-state index contributed by atoms with van der Waals surface area (Å²) in [7, 11) is 1.91. The Morgan fingerprint density at radius 3 is 2.38 bits per heavy atom. The predicted octanol–water partition coefficient (Wildman–Crippen LogP) is 5.37. The molecule has 3 rings (SSSR count). The van der Waals surface area contributed by atoms with Gasteiger partial charge in [0.1, 0.15) is 0 Å². The molecule has 0 amide bonds. The maximum absolute atomic E-state index is 4.28. The van der Waals surface area contributed by atoms with Gasteiger partial charge in [0.25, 0.3) is 0 Å². The van der Waals surface area contributed by atoms with Crippen LogP contribution in [-0.2, 0) is 0 Å². The highest BCUT2D eigenvalue weighted by Gasteiger charge is 2.11. The lowest BCUT2D eigenvalue weighted by Crippen LogP contribution is -2.25. The first kappa shape index (κ1) is 18.8. The minimum absolute atomic E-state index is 0.818. The van der Waals surface area contributed by atoms with Crippen LogP contribution in [0.4, 0.5) is 5.69 Å². The molecule has 4 heteroatoms. The minimum Gasteiger partial charge on any atom is -0.388 e. The Bertz CT molecular complexity index is 551. The zero-order chi connectivity index (χ0) is 17.0. The molecule has 0 radical (unpaired) electrons. The van der Waals surface area contributed by atoms with Gasteiger partial charge in [-0.05, 0) is 37.1 Å². The molecule has 0 unspecified atom stereocenters. The third kappa shape index (κ3) is 6.54. The van der Waals surface area contributed by atoms with Crippen LogP contribution in [0.25, 0.3) is 11.3 Å². The first-order valence-corrected chi connectivity index (χ1v) is 9.88. The van der Waals surface area contributed by atoms with Gasteiger partial charge in [-0.2, -0.15) is 0 Å². The number of nitrogens with one attached hydrogen (secondary N) is 2. The molecular weight excluding hydrogens is 314 g/mol. The summed E-state index contributed by atoms with van der Waals surface area (Å²) in [4.78, 5) is 4.28. The van der Waals surface area contributed by atoms with Crippen LogP contribution in [0.1, 0.15) is 39.0 Å². The monoisotopic (exact) mass is 343 g/mol. The average molecular weight is 344 g/mol. The summed E-state index contributed by atoms with van der Waals surface area (Å²) in [6.07, 6.45) is 8.92. The second-order valence-corrected chi connectivity index (χ2v) is 7.03. The molecule has 1 fully saturated rings. The number of hydrogen-bond donors (Lipinski definition) is 2. The molecule has 1 aromatic carbocycles. The Kier molecular flexibility index (Phi) is 8.71. The van der Waals surface area contributed by atoms with Crippen molar-refractivity contribution in [3.8, 4) is 11.3 Å². The van der Waals surface area contributed by atoms with E-state index in [9.17, 15) is 0 Å². The van der Waals surface area contributed by atoms with Gasteiger partial charge >= 0.3 is 0 Å². The number of rotatable bonds is 5. The van der Waals surface area contributed by atoms with Crippen LogP contribution < -0.4 is 10.0 Å². The second kappa shape index (κ2) is 11.1. The topological polar surface area (TPSA) is 37.0 Å². The Morgan fingerprint density at radius 2 is 1.79 bits per heavy atom.